The third-order valence-corrected chi connectivity index (χ3v) is 6.11. The predicted octanol–water partition coefficient (Wildman–Crippen LogP) is 3.14. The molecular weight excluding hydrogens is 298 g/mol. The van der Waals surface area contributed by atoms with E-state index in [1.165, 1.54) is 31.0 Å². The summed E-state index contributed by atoms with van der Waals surface area (Å²) in [5.41, 5.74) is 0. The topological polar surface area (TPSA) is 46.1 Å². The van der Waals surface area contributed by atoms with E-state index in [0.717, 1.165) is 34.6 Å². The highest BCUT2D eigenvalue weighted by Gasteiger charge is 2.16. The maximum Gasteiger partial charge on any atom is 0.233 e. The molecule has 0 saturated carbocycles. The van der Waals surface area contributed by atoms with E-state index in [-0.39, 0.29) is 5.91 Å². The summed E-state index contributed by atoms with van der Waals surface area (Å²) in [6.07, 6.45) is 8.10. The van der Waals surface area contributed by atoms with Gasteiger partial charge in [0.05, 0.1) is 5.75 Å². The van der Waals surface area contributed by atoms with Gasteiger partial charge in [0, 0.05) is 13.1 Å². The van der Waals surface area contributed by atoms with Gasteiger partial charge >= 0.3 is 0 Å². The van der Waals surface area contributed by atoms with E-state index >= 15 is 0 Å². The molecule has 0 aliphatic carbocycles. The van der Waals surface area contributed by atoms with Crippen molar-refractivity contribution in [2.75, 3.05) is 25.1 Å². The van der Waals surface area contributed by atoms with Crippen LogP contribution in [0.4, 0.5) is 0 Å². The molecule has 0 bridgehead atoms. The van der Waals surface area contributed by atoms with Gasteiger partial charge in [-0.2, -0.15) is 0 Å². The first-order valence-electron chi connectivity index (χ1n) is 6.57. The van der Waals surface area contributed by atoms with Gasteiger partial charge in [-0.05, 0) is 19.1 Å². The molecular formula is C12H19N3OS3. The quantitative estimate of drug-likeness (QED) is 0.798. The lowest BCUT2D eigenvalue weighted by molar-refractivity contribution is -0.128. The second-order valence-electron chi connectivity index (χ2n) is 4.48. The van der Waals surface area contributed by atoms with Crippen LogP contribution in [0.5, 0.6) is 0 Å². The summed E-state index contributed by atoms with van der Waals surface area (Å²) < 4.78 is 1.85. The third-order valence-electron chi connectivity index (χ3n) is 3.09. The number of hydrogen-bond acceptors (Lipinski definition) is 6. The monoisotopic (exact) mass is 317 g/mol. The highest BCUT2D eigenvalue weighted by molar-refractivity contribution is 8.03. The minimum absolute atomic E-state index is 0.243. The molecule has 0 radical (unpaired) electrons. The Balaban J connectivity index is 1.79. The largest absolute Gasteiger partial charge is 0.342 e. The van der Waals surface area contributed by atoms with Crippen molar-refractivity contribution < 1.29 is 4.79 Å². The molecule has 0 unspecified atom stereocenters. The number of rotatable bonds is 4. The fourth-order valence-corrected chi connectivity index (χ4v) is 4.39. The number of nitrogens with zero attached hydrogens (tertiary/aromatic N) is 3. The van der Waals surface area contributed by atoms with Crippen LogP contribution in [0.15, 0.2) is 8.68 Å². The lowest BCUT2D eigenvalue weighted by atomic mass is 10.1. The summed E-state index contributed by atoms with van der Waals surface area (Å²) in [6, 6.07) is 0. The molecule has 7 heteroatoms. The maximum absolute atomic E-state index is 12.2. The third kappa shape index (κ3) is 4.96. The van der Waals surface area contributed by atoms with Gasteiger partial charge in [-0.1, -0.05) is 54.1 Å². The molecule has 19 heavy (non-hydrogen) atoms. The highest BCUT2D eigenvalue weighted by atomic mass is 32.2. The molecule has 1 fully saturated rings. The van der Waals surface area contributed by atoms with Gasteiger partial charge in [-0.3, -0.25) is 4.79 Å². The van der Waals surface area contributed by atoms with Crippen LogP contribution in [0.1, 0.15) is 32.1 Å². The Morgan fingerprint density at radius 3 is 2.42 bits per heavy atom. The molecule has 0 N–H and O–H groups in total. The number of hydrogen-bond donors (Lipinski definition) is 0. The van der Waals surface area contributed by atoms with Crippen molar-refractivity contribution in [1.82, 2.24) is 15.1 Å². The van der Waals surface area contributed by atoms with Crippen LogP contribution in [0, 0.1) is 0 Å². The number of aromatic nitrogens is 2. The smallest absolute Gasteiger partial charge is 0.233 e. The van der Waals surface area contributed by atoms with Gasteiger partial charge in [0.15, 0.2) is 8.68 Å². The molecule has 4 nitrogen and oxygen atoms in total. The summed E-state index contributed by atoms with van der Waals surface area (Å²) in [5.74, 6) is 0.732. The minimum atomic E-state index is 0.243. The van der Waals surface area contributed by atoms with Crippen LogP contribution in [0.2, 0.25) is 0 Å². The molecule has 1 aliphatic heterocycles. The van der Waals surface area contributed by atoms with E-state index in [2.05, 4.69) is 10.2 Å². The summed E-state index contributed by atoms with van der Waals surface area (Å²) in [4.78, 5) is 14.2. The molecule has 106 valence electrons. The number of carbonyl (C=O) groups is 1. The second kappa shape index (κ2) is 8.11. The van der Waals surface area contributed by atoms with Gasteiger partial charge in [0.2, 0.25) is 5.91 Å². The summed E-state index contributed by atoms with van der Waals surface area (Å²) in [5, 5.41) is 8.12. The summed E-state index contributed by atoms with van der Waals surface area (Å²) in [6.45, 7) is 1.84. The van der Waals surface area contributed by atoms with Crippen LogP contribution < -0.4 is 0 Å². The average molecular weight is 318 g/mol. The maximum atomic E-state index is 12.2. The van der Waals surface area contributed by atoms with Gasteiger partial charge < -0.3 is 4.90 Å². The predicted molar refractivity (Wildman–Crippen MR) is 82.1 cm³/mol. The Bertz CT molecular complexity index is 403. The molecule has 0 spiro atoms. The van der Waals surface area contributed by atoms with Gasteiger partial charge in [-0.15, -0.1) is 10.2 Å². The number of thioether (sulfide) groups is 2. The molecule has 0 aromatic carbocycles. The lowest BCUT2D eigenvalue weighted by Crippen LogP contribution is -2.35. The standard InChI is InChI=1S/C12H19N3OS3/c1-17-11-13-14-12(19-11)18-9-10(16)15-7-5-3-2-4-6-8-15/h2-9H2,1H3. The Hall–Kier alpha value is -0.270. The van der Waals surface area contributed by atoms with E-state index in [1.807, 2.05) is 11.2 Å². The van der Waals surface area contributed by atoms with E-state index in [4.69, 9.17) is 0 Å². The molecule has 2 heterocycles. The van der Waals surface area contributed by atoms with Crippen LogP contribution in [0.25, 0.3) is 0 Å². The van der Waals surface area contributed by atoms with Crippen LogP contribution in [-0.2, 0) is 4.79 Å². The number of carbonyl (C=O) groups excluding carboxylic acids is 1. The first kappa shape index (κ1) is 15.1. The first-order valence-corrected chi connectivity index (χ1v) is 9.60. The number of amides is 1. The normalized spacial score (nSPS) is 17.0. The van der Waals surface area contributed by atoms with Crippen LogP contribution in [0.3, 0.4) is 0 Å². The lowest BCUT2D eigenvalue weighted by Gasteiger charge is -2.24. The Labute approximate surface area is 126 Å². The Kier molecular flexibility index (Phi) is 6.46. The summed E-state index contributed by atoms with van der Waals surface area (Å²) in [7, 11) is 0. The molecule has 1 saturated heterocycles. The Morgan fingerprint density at radius 2 is 1.79 bits per heavy atom. The first-order chi connectivity index (χ1) is 9.29. The zero-order chi connectivity index (χ0) is 13.5. The zero-order valence-corrected chi connectivity index (χ0v) is 13.6. The van der Waals surface area contributed by atoms with Crippen LogP contribution >= 0.6 is 34.9 Å². The SMILES string of the molecule is CSc1nnc(SCC(=O)N2CCCCCCC2)s1. The molecule has 1 aliphatic rings. The van der Waals surface area contributed by atoms with E-state index < -0.39 is 0 Å². The second-order valence-corrected chi connectivity index (χ2v) is 7.73. The molecule has 1 amide bonds. The van der Waals surface area contributed by atoms with Crippen molar-refractivity contribution in [2.45, 2.75) is 40.8 Å². The molecule has 1 aromatic heterocycles. The fraction of sp³-hybridized carbons (Fsp3) is 0.750. The van der Waals surface area contributed by atoms with Crippen molar-refractivity contribution in [1.29, 1.82) is 0 Å². The summed E-state index contributed by atoms with van der Waals surface area (Å²) >= 11 is 4.67. The van der Waals surface area contributed by atoms with Crippen molar-refractivity contribution >= 4 is 40.8 Å². The fourth-order valence-electron chi connectivity index (χ4n) is 2.05. The molecule has 0 atom stereocenters. The molecule has 1 aromatic rings. The van der Waals surface area contributed by atoms with Gasteiger partial charge in [0.25, 0.3) is 0 Å². The number of likely N-dealkylation sites (tertiary alicyclic amines) is 1. The van der Waals surface area contributed by atoms with Crippen LogP contribution in [-0.4, -0.2) is 46.1 Å². The van der Waals surface area contributed by atoms with Crippen molar-refractivity contribution in [3.8, 4) is 0 Å². The highest BCUT2D eigenvalue weighted by Crippen LogP contribution is 2.27. The van der Waals surface area contributed by atoms with Gasteiger partial charge in [0.1, 0.15) is 0 Å². The van der Waals surface area contributed by atoms with Crippen molar-refractivity contribution in [2.24, 2.45) is 0 Å². The van der Waals surface area contributed by atoms with E-state index in [9.17, 15) is 4.79 Å². The van der Waals surface area contributed by atoms with Crippen molar-refractivity contribution in [3.05, 3.63) is 0 Å². The van der Waals surface area contributed by atoms with Crippen molar-refractivity contribution in [3.63, 3.8) is 0 Å². The Morgan fingerprint density at radius 1 is 1.16 bits per heavy atom. The van der Waals surface area contributed by atoms with Gasteiger partial charge in [-0.25, -0.2) is 0 Å². The average Bonchev–Trinajstić information content (AvgIpc) is 2.83. The molecule has 2 rings (SSSR count). The zero-order valence-electron chi connectivity index (χ0n) is 11.1. The van der Waals surface area contributed by atoms with E-state index in [1.54, 1.807) is 23.1 Å². The minimum Gasteiger partial charge on any atom is -0.342 e. The van der Waals surface area contributed by atoms with E-state index in [0.29, 0.717) is 5.75 Å².